The Morgan fingerprint density at radius 1 is 0.839 bits per heavy atom. The Morgan fingerprint density at radius 2 is 1.45 bits per heavy atom. The molecule has 0 bridgehead atoms. The average Bonchev–Trinajstić information content (AvgIpc) is 3.07. The fraction of sp³-hybridized carbons (Fsp3) is 0.423. The lowest BCUT2D eigenvalue weighted by Crippen LogP contribution is -2.55. The van der Waals surface area contributed by atoms with Gasteiger partial charge in [-0.1, -0.05) is 61.7 Å². The maximum absolute atomic E-state index is 13.8. The molecule has 2 aliphatic heterocycles. The molecule has 5 rings (SSSR count). The molecule has 3 amide bonds. The van der Waals surface area contributed by atoms with Crippen molar-refractivity contribution >= 4 is 17.7 Å². The molecule has 0 radical (unpaired) electrons. The Kier molecular flexibility index (Phi) is 5.34. The summed E-state index contributed by atoms with van der Waals surface area (Å²) in [7, 11) is 0. The number of likely N-dealkylation sites (tertiary alicyclic amines) is 1. The Bertz CT molecular complexity index is 968. The van der Waals surface area contributed by atoms with E-state index in [1.807, 2.05) is 35.2 Å². The second-order valence-corrected chi connectivity index (χ2v) is 9.11. The molecule has 1 saturated heterocycles. The number of rotatable bonds is 4. The minimum atomic E-state index is -0.810. The third-order valence-electron chi connectivity index (χ3n) is 7.30. The topological polar surface area (TPSA) is 57.7 Å². The number of nitrogens with zero attached hydrogens (tertiary/aromatic N) is 2. The predicted molar refractivity (Wildman–Crippen MR) is 118 cm³/mol. The summed E-state index contributed by atoms with van der Waals surface area (Å²) in [5.41, 5.74) is 1.73. The highest BCUT2D eigenvalue weighted by atomic mass is 16.2. The van der Waals surface area contributed by atoms with E-state index < -0.39 is 6.04 Å². The van der Waals surface area contributed by atoms with Crippen molar-refractivity contribution in [3.05, 3.63) is 71.3 Å². The predicted octanol–water partition coefficient (Wildman–Crippen LogP) is 3.93. The van der Waals surface area contributed by atoms with Gasteiger partial charge in [0.1, 0.15) is 6.04 Å². The highest BCUT2D eigenvalue weighted by Gasteiger charge is 2.45. The molecule has 5 heteroatoms. The first-order valence-electron chi connectivity index (χ1n) is 11.4. The van der Waals surface area contributed by atoms with Crippen LogP contribution in [0.5, 0.6) is 0 Å². The summed E-state index contributed by atoms with van der Waals surface area (Å²) in [4.78, 5) is 43.3. The molecule has 5 nitrogen and oxygen atoms in total. The second kappa shape index (κ2) is 8.29. The van der Waals surface area contributed by atoms with Crippen molar-refractivity contribution in [2.45, 2.75) is 44.6 Å². The number of benzene rings is 2. The van der Waals surface area contributed by atoms with Crippen molar-refractivity contribution in [3.8, 4) is 0 Å². The molecule has 0 aromatic heterocycles. The number of hydrogen-bond acceptors (Lipinski definition) is 3. The zero-order valence-electron chi connectivity index (χ0n) is 17.7. The van der Waals surface area contributed by atoms with Gasteiger partial charge in [0.25, 0.3) is 11.8 Å². The lowest BCUT2D eigenvalue weighted by Gasteiger charge is -2.43. The van der Waals surface area contributed by atoms with E-state index in [2.05, 4.69) is 0 Å². The van der Waals surface area contributed by atoms with Gasteiger partial charge in [-0.15, -0.1) is 0 Å². The lowest BCUT2D eigenvalue weighted by atomic mass is 9.75. The van der Waals surface area contributed by atoms with Crippen molar-refractivity contribution in [1.82, 2.24) is 9.80 Å². The van der Waals surface area contributed by atoms with Crippen LogP contribution in [-0.4, -0.2) is 46.7 Å². The molecule has 2 heterocycles. The number of carbonyl (C=O) groups excluding carboxylic acids is 3. The molecular weight excluding hydrogens is 388 g/mol. The summed E-state index contributed by atoms with van der Waals surface area (Å²) in [5.74, 6) is 0.447. The standard InChI is InChI=1S/C26H28N2O3/c29-24-21-12-6-7-13-22(21)25(30)28(24)23(16-18-8-2-1-3-9-18)26(31)27-15-14-19-10-4-5-11-20(19)17-27/h1-3,6-9,12-13,19-20,23H,4-5,10-11,14-17H2/t19-,20+,23+/m0/s1. The van der Waals surface area contributed by atoms with E-state index in [1.54, 1.807) is 24.3 Å². The molecule has 31 heavy (non-hydrogen) atoms. The minimum absolute atomic E-state index is 0.0950. The van der Waals surface area contributed by atoms with E-state index >= 15 is 0 Å². The number of imide groups is 1. The fourth-order valence-corrected chi connectivity index (χ4v) is 5.63. The molecule has 3 atom stereocenters. The highest BCUT2D eigenvalue weighted by Crippen LogP contribution is 2.37. The molecule has 0 unspecified atom stereocenters. The van der Waals surface area contributed by atoms with Gasteiger partial charge in [-0.2, -0.15) is 0 Å². The molecule has 1 saturated carbocycles. The maximum Gasteiger partial charge on any atom is 0.262 e. The van der Waals surface area contributed by atoms with Gasteiger partial charge in [0.2, 0.25) is 5.91 Å². The molecule has 2 fully saturated rings. The number of fused-ring (bicyclic) bond motifs is 2. The van der Waals surface area contributed by atoms with E-state index in [0.29, 0.717) is 35.9 Å². The maximum atomic E-state index is 13.8. The van der Waals surface area contributed by atoms with Gasteiger partial charge in [0.15, 0.2) is 0 Å². The molecule has 2 aromatic carbocycles. The van der Waals surface area contributed by atoms with Crippen LogP contribution in [0, 0.1) is 11.8 Å². The largest absolute Gasteiger partial charge is 0.341 e. The lowest BCUT2D eigenvalue weighted by molar-refractivity contribution is -0.138. The van der Waals surface area contributed by atoms with Gasteiger partial charge in [0, 0.05) is 19.5 Å². The quantitative estimate of drug-likeness (QED) is 0.710. The monoisotopic (exact) mass is 416 g/mol. The number of piperidine rings is 1. The summed E-state index contributed by atoms with van der Waals surface area (Å²) in [5, 5.41) is 0. The number of carbonyl (C=O) groups is 3. The van der Waals surface area contributed by atoms with Crippen LogP contribution < -0.4 is 0 Å². The molecular formula is C26H28N2O3. The van der Waals surface area contributed by atoms with E-state index in [-0.39, 0.29) is 17.7 Å². The van der Waals surface area contributed by atoms with Gasteiger partial charge >= 0.3 is 0 Å². The molecule has 1 aliphatic carbocycles. The zero-order valence-corrected chi connectivity index (χ0v) is 17.7. The van der Waals surface area contributed by atoms with Crippen molar-refractivity contribution in [2.24, 2.45) is 11.8 Å². The Morgan fingerprint density at radius 3 is 2.13 bits per heavy atom. The van der Waals surface area contributed by atoms with Crippen LogP contribution in [-0.2, 0) is 11.2 Å². The van der Waals surface area contributed by atoms with Crippen LogP contribution in [0.25, 0.3) is 0 Å². The van der Waals surface area contributed by atoms with Crippen LogP contribution in [0.15, 0.2) is 54.6 Å². The number of amides is 3. The van der Waals surface area contributed by atoms with Crippen molar-refractivity contribution < 1.29 is 14.4 Å². The molecule has 3 aliphatic rings. The fourth-order valence-electron chi connectivity index (χ4n) is 5.63. The van der Waals surface area contributed by atoms with Crippen LogP contribution >= 0.6 is 0 Å². The zero-order chi connectivity index (χ0) is 21.4. The molecule has 0 N–H and O–H groups in total. The summed E-state index contributed by atoms with van der Waals surface area (Å²) >= 11 is 0. The minimum Gasteiger partial charge on any atom is -0.341 e. The Hall–Kier alpha value is -2.95. The van der Waals surface area contributed by atoms with E-state index in [1.165, 1.54) is 30.6 Å². The van der Waals surface area contributed by atoms with Gasteiger partial charge in [-0.05, 0) is 42.4 Å². The van der Waals surface area contributed by atoms with Gasteiger partial charge < -0.3 is 4.90 Å². The molecule has 2 aromatic rings. The van der Waals surface area contributed by atoms with E-state index in [4.69, 9.17) is 0 Å². The Balaban J connectivity index is 1.44. The molecule has 0 spiro atoms. The first-order valence-corrected chi connectivity index (χ1v) is 11.4. The van der Waals surface area contributed by atoms with Gasteiger partial charge in [-0.25, -0.2) is 0 Å². The van der Waals surface area contributed by atoms with Gasteiger partial charge in [-0.3, -0.25) is 19.3 Å². The number of hydrogen-bond donors (Lipinski definition) is 0. The molecule has 160 valence electrons. The van der Waals surface area contributed by atoms with Crippen molar-refractivity contribution in [1.29, 1.82) is 0 Å². The summed E-state index contributed by atoms with van der Waals surface area (Å²) in [6.07, 6.45) is 6.32. The third kappa shape index (κ3) is 3.67. The SMILES string of the molecule is O=C([C@@H](Cc1ccccc1)N1C(=O)c2ccccc2C1=O)N1CC[C@@H]2CCCC[C@@H]2C1. The second-order valence-electron chi connectivity index (χ2n) is 9.11. The van der Waals surface area contributed by atoms with E-state index in [0.717, 1.165) is 18.5 Å². The van der Waals surface area contributed by atoms with Gasteiger partial charge in [0.05, 0.1) is 11.1 Å². The first kappa shape index (κ1) is 20.0. The average molecular weight is 417 g/mol. The Labute approximate surface area is 183 Å². The summed E-state index contributed by atoms with van der Waals surface area (Å²) in [6.45, 7) is 1.46. The highest BCUT2D eigenvalue weighted by molar-refractivity contribution is 6.22. The summed E-state index contributed by atoms with van der Waals surface area (Å²) < 4.78 is 0. The van der Waals surface area contributed by atoms with Crippen LogP contribution in [0.4, 0.5) is 0 Å². The third-order valence-corrected chi connectivity index (χ3v) is 7.30. The smallest absolute Gasteiger partial charge is 0.262 e. The van der Waals surface area contributed by atoms with E-state index in [9.17, 15) is 14.4 Å². The normalized spacial score (nSPS) is 24.0. The summed E-state index contributed by atoms with van der Waals surface area (Å²) in [6, 6.07) is 15.7. The van der Waals surface area contributed by atoms with Crippen LogP contribution in [0.2, 0.25) is 0 Å². The van der Waals surface area contributed by atoms with Crippen molar-refractivity contribution in [2.75, 3.05) is 13.1 Å². The van der Waals surface area contributed by atoms with Crippen LogP contribution in [0.1, 0.15) is 58.4 Å². The van der Waals surface area contributed by atoms with Crippen molar-refractivity contribution in [3.63, 3.8) is 0 Å². The first-order chi connectivity index (χ1) is 15.1. The van der Waals surface area contributed by atoms with Crippen LogP contribution in [0.3, 0.4) is 0 Å².